The van der Waals surface area contributed by atoms with E-state index in [2.05, 4.69) is 10.5 Å². The molecule has 0 spiro atoms. The molecule has 1 aliphatic rings. The number of hydrogen-bond acceptors (Lipinski definition) is 8. The van der Waals surface area contributed by atoms with Crippen LogP contribution in [0.3, 0.4) is 0 Å². The number of amides is 1. The van der Waals surface area contributed by atoms with E-state index in [1.807, 2.05) is 47.8 Å². The van der Waals surface area contributed by atoms with E-state index in [-0.39, 0.29) is 12.4 Å². The number of anilines is 1. The van der Waals surface area contributed by atoms with E-state index < -0.39 is 18.0 Å². The van der Waals surface area contributed by atoms with Gasteiger partial charge in [0.15, 0.2) is 18.5 Å². The first-order valence-electron chi connectivity index (χ1n) is 8.41. The van der Waals surface area contributed by atoms with Gasteiger partial charge < -0.3 is 19.3 Å². The molecule has 0 unspecified atom stereocenters. The molecule has 0 bridgehead atoms. The fourth-order valence-electron chi connectivity index (χ4n) is 2.35. The van der Waals surface area contributed by atoms with Gasteiger partial charge in [-0.1, -0.05) is 17.3 Å². The number of aryl methyl sites for hydroxylation is 1. The first-order valence-corrected chi connectivity index (χ1v) is 10.5. The van der Waals surface area contributed by atoms with Gasteiger partial charge in [0.05, 0.1) is 4.58 Å². The largest absolute Gasteiger partial charge is 0.482 e. The van der Waals surface area contributed by atoms with Gasteiger partial charge in [0.2, 0.25) is 0 Å². The number of benzene rings is 1. The van der Waals surface area contributed by atoms with Crippen LogP contribution >= 0.6 is 23.5 Å². The van der Waals surface area contributed by atoms with Gasteiger partial charge in [-0.2, -0.15) is 0 Å². The topological polar surface area (TPSA) is 90.7 Å². The highest BCUT2D eigenvalue weighted by atomic mass is 32.2. The number of nitrogens with zero attached hydrogens (tertiary/aromatic N) is 1. The molecule has 1 aromatic heterocycles. The predicted octanol–water partition coefficient (Wildman–Crippen LogP) is 3.41. The molecule has 2 aromatic rings. The van der Waals surface area contributed by atoms with Crippen molar-refractivity contribution in [2.24, 2.45) is 0 Å². The van der Waals surface area contributed by atoms with Crippen LogP contribution in [-0.4, -0.2) is 41.2 Å². The van der Waals surface area contributed by atoms with Gasteiger partial charge in [-0.3, -0.25) is 4.79 Å². The maximum atomic E-state index is 12.0. The highest BCUT2D eigenvalue weighted by molar-refractivity contribution is 8.19. The number of carbonyl (C=O) groups is 2. The molecule has 1 amide bonds. The van der Waals surface area contributed by atoms with E-state index in [1.165, 1.54) is 24.0 Å². The zero-order valence-corrected chi connectivity index (χ0v) is 16.6. The highest BCUT2D eigenvalue weighted by Crippen LogP contribution is 2.45. The average molecular weight is 409 g/mol. The van der Waals surface area contributed by atoms with E-state index in [0.29, 0.717) is 16.1 Å². The number of carbonyl (C=O) groups excluding carboxylic acids is 2. The Morgan fingerprint density at radius 3 is 2.63 bits per heavy atom. The number of ether oxygens (including phenoxy) is 2. The summed E-state index contributed by atoms with van der Waals surface area (Å²) in [7, 11) is 0. The molecule has 27 heavy (non-hydrogen) atoms. The lowest BCUT2D eigenvalue weighted by Gasteiger charge is -2.13. The Morgan fingerprint density at radius 2 is 2.00 bits per heavy atom. The van der Waals surface area contributed by atoms with Crippen LogP contribution in [0.2, 0.25) is 0 Å². The van der Waals surface area contributed by atoms with Crippen LogP contribution < -0.4 is 10.1 Å². The number of thioether (sulfide) groups is 2. The van der Waals surface area contributed by atoms with Crippen molar-refractivity contribution in [1.82, 2.24) is 5.16 Å². The van der Waals surface area contributed by atoms with Crippen LogP contribution in [0.5, 0.6) is 5.75 Å². The minimum absolute atomic E-state index is 0.271. The predicted molar refractivity (Wildman–Crippen MR) is 105 cm³/mol. The van der Waals surface area contributed by atoms with Crippen LogP contribution in [-0.2, 0) is 14.3 Å². The summed E-state index contributed by atoms with van der Waals surface area (Å²) < 4.78 is 15.8. The summed E-state index contributed by atoms with van der Waals surface area (Å²) in [5.74, 6) is 2.64. The van der Waals surface area contributed by atoms with Crippen LogP contribution in [0, 0.1) is 6.92 Å². The first kappa shape index (κ1) is 19.6. The number of hydrogen-bond donors (Lipinski definition) is 1. The van der Waals surface area contributed by atoms with Crippen LogP contribution in [0.4, 0.5) is 5.82 Å². The molecule has 1 saturated heterocycles. The second kappa shape index (κ2) is 9.18. The van der Waals surface area contributed by atoms with Crippen molar-refractivity contribution in [2.75, 3.05) is 23.4 Å². The molecule has 1 aromatic carbocycles. The van der Waals surface area contributed by atoms with Crippen LogP contribution in [0.1, 0.15) is 22.8 Å². The minimum Gasteiger partial charge on any atom is -0.482 e. The molecule has 0 aliphatic carbocycles. The third kappa shape index (κ3) is 5.67. The molecule has 1 atom stereocenters. The van der Waals surface area contributed by atoms with Gasteiger partial charge in [-0.25, -0.2) is 4.79 Å². The molecular weight excluding hydrogens is 388 g/mol. The number of esters is 1. The van der Waals surface area contributed by atoms with Crippen molar-refractivity contribution >= 4 is 41.2 Å². The first-order chi connectivity index (χ1) is 13.0. The summed E-state index contributed by atoms with van der Waals surface area (Å²) in [5.41, 5.74) is 1.24. The van der Waals surface area contributed by atoms with Gasteiger partial charge in [0.1, 0.15) is 11.5 Å². The van der Waals surface area contributed by atoms with E-state index in [9.17, 15) is 9.59 Å². The van der Waals surface area contributed by atoms with E-state index >= 15 is 0 Å². The Labute approximate surface area is 165 Å². The van der Waals surface area contributed by atoms with Gasteiger partial charge >= 0.3 is 5.97 Å². The average Bonchev–Trinajstić information content (AvgIpc) is 3.32. The molecule has 144 valence electrons. The summed E-state index contributed by atoms with van der Waals surface area (Å²) in [5, 5.41) is 6.16. The molecule has 7 nitrogen and oxygen atoms in total. The molecule has 1 aliphatic heterocycles. The van der Waals surface area contributed by atoms with Crippen molar-refractivity contribution in [3.8, 4) is 5.75 Å². The monoisotopic (exact) mass is 408 g/mol. The molecule has 1 fully saturated rings. The molecule has 9 heteroatoms. The quantitative estimate of drug-likeness (QED) is 0.697. The zero-order chi connectivity index (χ0) is 19.2. The van der Waals surface area contributed by atoms with Gasteiger partial charge in [-0.05, 0) is 31.5 Å². The third-order valence-corrected chi connectivity index (χ3v) is 6.79. The minimum atomic E-state index is -0.975. The summed E-state index contributed by atoms with van der Waals surface area (Å²) in [6, 6.07) is 9.26. The van der Waals surface area contributed by atoms with Crippen LogP contribution in [0.15, 0.2) is 34.9 Å². The van der Waals surface area contributed by atoms with Gasteiger partial charge in [0.25, 0.3) is 5.91 Å². The second-order valence-corrected chi connectivity index (χ2v) is 8.60. The Balaban J connectivity index is 1.42. The summed E-state index contributed by atoms with van der Waals surface area (Å²) in [6.45, 7) is 2.92. The van der Waals surface area contributed by atoms with Crippen LogP contribution in [0.25, 0.3) is 0 Å². The molecule has 1 N–H and O–H groups in total. The normalized spacial score (nSPS) is 15.3. The summed E-state index contributed by atoms with van der Waals surface area (Å²) in [6.07, 6.45) is -0.975. The SMILES string of the molecule is Cc1cc(NC(=O)[C@H](C)OC(=O)COc2ccc(C3SCCS3)cc2)no1. The standard InChI is InChI=1S/C18H20N2O5S2/c1-11-9-15(20-25-11)19-17(22)12(2)24-16(21)10-23-14-5-3-13(4-6-14)18-26-7-8-27-18/h3-6,9,12,18H,7-8,10H2,1-2H3,(H,19,20,22)/t12-/m0/s1. The van der Waals surface area contributed by atoms with Gasteiger partial charge in [0, 0.05) is 17.6 Å². The van der Waals surface area contributed by atoms with Crippen molar-refractivity contribution < 1.29 is 23.6 Å². The molecule has 2 heterocycles. The molecule has 0 radical (unpaired) electrons. The number of nitrogens with one attached hydrogen (secondary N) is 1. The highest BCUT2D eigenvalue weighted by Gasteiger charge is 2.20. The van der Waals surface area contributed by atoms with Crippen molar-refractivity contribution in [3.05, 3.63) is 41.7 Å². The lowest BCUT2D eigenvalue weighted by molar-refractivity contribution is -0.155. The summed E-state index contributed by atoms with van der Waals surface area (Å²) in [4.78, 5) is 23.9. The maximum Gasteiger partial charge on any atom is 0.344 e. The van der Waals surface area contributed by atoms with Crippen molar-refractivity contribution in [3.63, 3.8) is 0 Å². The van der Waals surface area contributed by atoms with E-state index in [4.69, 9.17) is 14.0 Å². The van der Waals surface area contributed by atoms with Crippen molar-refractivity contribution in [2.45, 2.75) is 24.5 Å². The number of aromatic nitrogens is 1. The Morgan fingerprint density at radius 1 is 1.30 bits per heavy atom. The Hall–Kier alpha value is -2.13. The fourth-order valence-corrected chi connectivity index (χ4v) is 5.21. The van der Waals surface area contributed by atoms with Crippen molar-refractivity contribution in [1.29, 1.82) is 0 Å². The lowest BCUT2D eigenvalue weighted by atomic mass is 10.2. The van der Waals surface area contributed by atoms with E-state index in [1.54, 1.807) is 13.0 Å². The molecule has 3 rings (SSSR count). The fraction of sp³-hybridized carbons (Fsp3) is 0.389. The van der Waals surface area contributed by atoms with E-state index in [0.717, 1.165) is 0 Å². The molecular formula is C18H20N2O5S2. The smallest absolute Gasteiger partial charge is 0.344 e. The third-order valence-electron chi connectivity index (χ3n) is 3.69. The number of rotatable bonds is 7. The Bertz CT molecular complexity index is 787. The molecule has 0 saturated carbocycles. The summed E-state index contributed by atoms with van der Waals surface area (Å²) >= 11 is 3.86. The van der Waals surface area contributed by atoms with Gasteiger partial charge in [-0.15, -0.1) is 23.5 Å². The lowest BCUT2D eigenvalue weighted by Crippen LogP contribution is -2.31. The second-order valence-electron chi connectivity index (χ2n) is 5.88. The zero-order valence-electron chi connectivity index (χ0n) is 15.0. The maximum absolute atomic E-state index is 12.0. The Kier molecular flexibility index (Phi) is 6.68.